The maximum absolute atomic E-state index is 10.6. The fourth-order valence-corrected chi connectivity index (χ4v) is 2.04. The molecule has 0 radical (unpaired) electrons. The number of benzene rings is 2. The Hall–Kier alpha value is -1.10. The molecule has 0 fully saturated rings. The Morgan fingerprint density at radius 1 is 1.21 bits per heavy atom. The first-order valence-electron chi connectivity index (χ1n) is 4.09. The smallest absolute Gasteiger partial charge is 0.150 e. The molecular formula is C11H7IO2. The van der Waals surface area contributed by atoms with E-state index < -0.39 is 0 Å². The van der Waals surface area contributed by atoms with Crippen LogP contribution >= 0.6 is 22.6 Å². The van der Waals surface area contributed by atoms with Crippen molar-refractivity contribution in [2.75, 3.05) is 0 Å². The van der Waals surface area contributed by atoms with Gasteiger partial charge in [0.2, 0.25) is 0 Å². The lowest BCUT2D eigenvalue weighted by Crippen LogP contribution is -1.83. The van der Waals surface area contributed by atoms with Gasteiger partial charge in [-0.3, -0.25) is 4.79 Å². The van der Waals surface area contributed by atoms with Gasteiger partial charge in [0.25, 0.3) is 0 Å². The number of phenolic OH excluding ortho intramolecular Hbond substituents is 1. The highest BCUT2D eigenvalue weighted by molar-refractivity contribution is 14.1. The molecule has 1 N–H and O–H groups in total. The maximum Gasteiger partial charge on any atom is 0.150 e. The zero-order valence-corrected chi connectivity index (χ0v) is 9.36. The SMILES string of the molecule is O=Cc1ccc2c(I)c(O)ccc2c1. The van der Waals surface area contributed by atoms with Crippen molar-refractivity contribution in [3.8, 4) is 5.75 Å². The van der Waals surface area contributed by atoms with E-state index in [0.717, 1.165) is 20.6 Å². The van der Waals surface area contributed by atoms with Gasteiger partial charge in [0, 0.05) is 5.56 Å². The number of hydrogen-bond donors (Lipinski definition) is 1. The van der Waals surface area contributed by atoms with E-state index in [1.165, 1.54) is 0 Å². The van der Waals surface area contributed by atoms with Gasteiger partial charge >= 0.3 is 0 Å². The van der Waals surface area contributed by atoms with E-state index in [2.05, 4.69) is 22.6 Å². The molecule has 70 valence electrons. The molecule has 0 spiro atoms. The Morgan fingerprint density at radius 3 is 2.71 bits per heavy atom. The van der Waals surface area contributed by atoms with E-state index in [4.69, 9.17) is 0 Å². The second-order valence-corrected chi connectivity index (χ2v) is 4.08. The minimum absolute atomic E-state index is 0.275. The van der Waals surface area contributed by atoms with Crippen LogP contribution in [0.4, 0.5) is 0 Å². The third kappa shape index (κ3) is 1.48. The van der Waals surface area contributed by atoms with Crippen LogP contribution in [-0.2, 0) is 0 Å². The predicted octanol–water partition coefficient (Wildman–Crippen LogP) is 2.96. The standard InChI is InChI=1S/C11H7IO2/c12-11-9-3-1-7(6-13)5-8(9)2-4-10(11)14/h1-6,14H. The fraction of sp³-hybridized carbons (Fsp3) is 0. The Kier molecular flexibility index (Phi) is 2.41. The Morgan fingerprint density at radius 2 is 2.00 bits per heavy atom. The number of fused-ring (bicyclic) bond motifs is 1. The van der Waals surface area contributed by atoms with E-state index in [9.17, 15) is 9.90 Å². The molecule has 0 atom stereocenters. The van der Waals surface area contributed by atoms with Crippen LogP contribution in [0.15, 0.2) is 30.3 Å². The average molecular weight is 298 g/mol. The lowest BCUT2D eigenvalue weighted by atomic mass is 10.1. The van der Waals surface area contributed by atoms with Crippen LogP contribution in [0.25, 0.3) is 10.8 Å². The van der Waals surface area contributed by atoms with Crippen molar-refractivity contribution in [3.05, 3.63) is 39.5 Å². The van der Waals surface area contributed by atoms with E-state index in [0.29, 0.717) is 5.56 Å². The Bertz CT molecular complexity index is 506. The molecule has 3 heteroatoms. The first-order valence-corrected chi connectivity index (χ1v) is 5.16. The number of hydrogen-bond acceptors (Lipinski definition) is 2. The second-order valence-electron chi connectivity index (χ2n) is 3.00. The maximum atomic E-state index is 10.6. The predicted molar refractivity (Wildman–Crippen MR) is 63.7 cm³/mol. The lowest BCUT2D eigenvalue weighted by Gasteiger charge is -2.03. The first-order chi connectivity index (χ1) is 6.72. The molecule has 0 amide bonds. The summed E-state index contributed by atoms with van der Waals surface area (Å²) in [6, 6.07) is 8.85. The molecule has 0 saturated carbocycles. The van der Waals surface area contributed by atoms with Crippen LogP contribution in [0.5, 0.6) is 5.75 Å². The van der Waals surface area contributed by atoms with Gasteiger partial charge in [-0.15, -0.1) is 0 Å². The van der Waals surface area contributed by atoms with Crippen molar-refractivity contribution in [3.63, 3.8) is 0 Å². The molecule has 0 aromatic heterocycles. The number of carbonyl (C=O) groups is 1. The molecule has 14 heavy (non-hydrogen) atoms. The molecule has 0 unspecified atom stereocenters. The minimum Gasteiger partial charge on any atom is -0.507 e. The van der Waals surface area contributed by atoms with Gasteiger partial charge in [-0.25, -0.2) is 0 Å². The van der Waals surface area contributed by atoms with E-state index >= 15 is 0 Å². The van der Waals surface area contributed by atoms with Crippen molar-refractivity contribution < 1.29 is 9.90 Å². The number of halogens is 1. The third-order valence-corrected chi connectivity index (χ3v) is 3.23. The molecule has 0 saturated heterocycles. The highest BCUT2D eigenvalue weighted by Crippen LogP contribution is 2.28. The summed E-state index contributed by atoms with van der Waals surface area (Å²) in [5.74, 6) is 0.275. The van der Waals surface area contributed by atoms with Crippen molar-refractivity contribution >= 4 is 39.6 Å². The normalized spacial score (nSPS) is 10.4. The summed E-state index contributed by atoms with van der Waals surface area (Å²) in [6.07, 6.45) is 0.819. The van der Waals surface area contributed by atoms with E-state index in [-0.39, 0.29) is 5.75 Å². The molecule has 0 aliphatic carbocycles. The van der Waals surface area contributed by atoms with Crippen LogP contribution < -0.4 is 0 Å². The van der Waals surface area contributed by atoms with Gasteiger partial charge in [-0.05, 0) is 45.5 Å². The van der Waals surface area contributed by atoms with Gasteiger partial charge in [-0.1, -0.05) is 18.2 Å². The summed E-state index contributed by atoms with van der Waals surface area (Å²) in [5.41, 5.74) is 0.652. The monoisotopic (exact) mass is 298 g/mol. The summed E-state index contributed by atoms with van der Waals surface area (Å²) in [4.78, 5) is 10.6. The number of aldehydes is 1. The molecular weight excluding hydrogens is 291 g/mol. The van der Waals surface area contributed by atoms with Gasteiger partial charge in [0.1, 0.15) is 12.0 Å². The van der Waals surface area contributed by atoms with Crippen LogP contribution in [0, 0.1) is 3.57 Å². The number of phenols is 1. The molecule has 0 aliphatic rings. The van der Waals surface area contributed by atoms with Gasteiger partial charge in [0.15, 0.2) is 0 Å². The molecule has 0 aliphatic heterocycles. The van der Waals surface area contributed by atoms with Crippen molar-refractivity contribution in [2.24, 2.45) is 0 Å². The summed E-state index contributed by atoms with van der Waals surface area (Å²) < 4.78 is 0.817. The van der Waals surface area contributed by atoms with Crippen molar-refractivity contribution in [2.45, 2.75) is 0 Å². The zero-order chi connectivity index (χ0) is 10.1. The lowest BCUT2D eigenvalue weighted by molar-refractivity contribution is 0.112. The highest BCUT2D eigenvalue weighted by atomic mass is 127. The second kappa shape index (κ2) is 3.57. The minimum atomic E-state index is 0.275. The number of rotatable bonds is 1. The summed E-state index contributed by atoms with van der Waals surface area (Å²) in [5, 5.41) is 11.4. The molecule has 0 bridgehead atoms. The molecule has 2 aromatic carbocycles. The molecule has 2 rings (SSSR count). The Labute approximate surface area is 94.7 Å². The van der Waals surface area contributed by atoms with Crippen LogP contribution in [-0.4, -0.2) is 11.4 Å². The van der Waals surface area contributed by atoms with Crippen LogP contribution in [0.2, 0.25) is 0 Å². The van der Waals surface area contributed by atoms with Gasteiger partial charge in [-0.2, -0.15) is 0 Å². The third-order valence-electron chi connectivity index (χ3n) is 2.09. The van der Waals surface area contributed by atoms with Gasteiger partial charge < -0.3 is 5.11 Å². The topological polar surface area (TPSA) is 37.3 Å². The molecule has 0 heterocycles. The largest absolute Gasteiger partial charge is 0.507 e. The van der Waals surface area contributed by atoms with Crippen molar-refractivity contribution in [1.29, 1.82) is 0 Å². The molecule has 2 aromatic rings. The fourth-order valence-electron chi connectivity index (χ4n) is 1.37. The first kappa shape index (κ1) is 9.45. The summed E-state index contributed by atoms with van der Waals surface area (Å²) in [6.45, 7) is 0. The summed E-state index contributed by atoms with van der Waals surface area (Å²) >= 11 is 2.09. The van der Waals surface area contributed by atoms with Gasteiger partial charge in [0.05, 0.1) is 3.57 Å². The van der Waals surface area contributed by atoms with Crippen LogP contribution in [0.1, 0.15) is 10.4 Å². The Balaban J connectivity index is 2.81. The van der Waals surface area contributed by atoms with E-state index in [1.807, 2.05) is 12.1 Å². The number of carbonyl (C=O) groups excluding carboxylic acids is 1. The van der Waals surface area contributed by atoms with E-state index in [1.54, 1.807) is 18.2 Å². The van der Waals surface area contributed by atoms with Crippen molar-refractivity contribution in [1.82, 2.24) is 0 Å². The molecule has 2 nitrogen and oxygen atoms in total. The quantitative estimate of drug-likeness (QED) is 0.649. The number of aromatic hydroxyl groups is 1. The summed E-state index contributed by atoms with van der Waals surface area (Å²) in [7, 11) is 0. The zero-order valence-electron chi connectivity index (χ0n) is 7.20. The van der Waals surface area contributed by atoms with Crippen LogP contribution in [0.3, 0.4) is 0 Å². The highest BCUT2D eigenvalue weighted by Gasteiger charge is 2.03. The average Bonchev–Trinajstić information content (AvgIpc) is 2.23.